The molecule has 3 aromatic rings. The van der Waals surface area contributed by atoms with Crippen molar-refractivity contribution >= 4 is 44.2 Å². The highest BCUT2D eigenvalue weighted by atomic mass is 32.2. The van der Waals surface area contributed by atoms with Crippen molar-refractivity contribution in [2.45, 2.75) is 58.3 Å². The summed E-state index contributed by atoms with van der Waals surface area (Å²) in [7, 11) is -1.92. The zero-order valence-corrected chi connectivity index (χ0v) is 25.3. The molecule has 0 aliphatic carbocycles. The molecule has 1 fully saturated rings. The van der Waals surface area contributed by atoms with Gasteiger partial charge in [0.25, 0.3) is 10.0 Å². The molecule has 2 heterocycles. The van der Waals surface area contributed by atoms with Crippen molar-refractivity contribution in [1.29, 1.82) is 0 Å². The van der Waals surface area contributed by atoms with Crippen LogP contribution in [0.25, 0.3) is 11.3 Å². The summed E-state index contributed by atoms with van der Waals surface area (Å²) in [5, 5.41) is 5.83. The van der Waals surface area contributed by atoms with E-state index in [1.54, 1.807) is 12.1 Å². The first-order valence-corrected chi connectivity index (χ1v) is 15.9. The highest BCUT2D eigenvalue weighted by molar-refractivity contribution is 7.92. The van der Waals surface area contributed by atoms with Gasteiger partial charge in [0.15, 0.2) is 5.13 Å². The summed E-state index contributed by atoms with van der Waals surface area (Å²) in [6.07, 6.45) is 5.17. The smallest absolute Gasteiger partial charge is 0.261 e. The number of thiazole rings is 1. The SMILES string of the molecule is CC.CC=O.CCCCCc1ccc(S(=O)(=O)Nc2cc(-c3csc(NC)n3)ccc2N2CCOCC2)cc1. The molecular weight excluding hydrogens is 532 g/mol. The van der Waals surface area contributed by atoms with Gasteiger partial charge >= 0.3 is 0 Å². The lowest BCUT2D eigenvalue weighted by molar-refractivity contribution is -0.106. The summed E-state index contributed by atoms with van der Waals surface area (Å²) in [5.74, 6) is 0. The van der Waals surface area contributed by atoms with Gasteiger partial charge in [-0.1, -0.05) is 51.8 Å². The maximum Gasteiger partial charge on any atom is 0.261 e. The molecule has 1 aliphatic rings. The molecule has 1 saturated heterocycles. The van der Waals surface area contributed by atoms with Crippen LogP contribution in [0.5, 0.6) is 0 Å². The van der Waals surface area contributed by atoms with E-state index in [1.807, 2.05) is 56.6 Å². The molecule has 1 aliphatic heterocycles. The summed E-state index contributed by atoms with van der Waals surface area (Å²) >= 11 is 1.51. The fourth-order valence-electron chi connectivity index (χ4n) is 4.00. The van der Waals surface area contributed by atoms with E-state index < -0.39 is 10.0 Å². The molecule has 2 N–H and O–H groups in total. The minimum atomic E-state index is -3.75. The number of ether oxygens (including phenoxy) is 1. The Bertz CT molecular complexity index is 1240. The van der Waals surface area contributed by atoms with E-state index in [4.69, 9.17) is 9.53 Å². The first-order valence-electron chi connectivity index (χ1n) is 13.5. The molecular formula is C29H42N4O4S2. The van der Waals surface area contributed by atoms with Gasteiger partial charge < -0.3 is 19.7 Å². The van der Waals surface area contributed by atoms with Crippen LogP contribution in [0, 0.1) is 0 Å². The van der Waals surface area contributed by atoms with Gasteiger partial charge in [0.2, 0.25) is 0 Å². The van der Waals surface area contributed by atoms with E-state index in [9.17, 15) is 8.42 Å². The van der Waals surface area contributed by atoms with Crippen LogP contribution in [0.1, 0.15) is 52.5 Å². The molecule has 0 amide bonds. The first kappa shape index (κ1) is 32.3. The van der Waals surface area contributed by atoms with E-state index in [1.165, 1.54) is 24.7 Å². The predicted octanol–water partition coefficient (Wildman–Crippen LogP) is 6.45. The maximum atomic E-state index is 13.3. The van der Waals surface area contributed by atoms with Crippen LogP contribution in [-0.4, -0.2) is 53.0 Å². The third-order valence-electron chi connectivity index (χ3n) is 5.91. The molecule has 2 aromatic carbocycles. The average Bonchev–Trinajstić information content (AvgIpc) is 3.45. The van der Waals surface area contributed by atoms with Crippen LogP contribution in [0.3, 0.4) is 0 Å². The van der Waals surface area contributed by atoms with E-state index in [0.29, 0.717) is 32.0 Å². The van der Waals surface area contributed by atoms with Crippen molar-refractivity contribution in [2.24, 2.45) is 0 Å². The minimum Gasteiger partial charge on any atom is -0.378 e. The number of aryl methyl sites for hydroxylation is 1. The molecule has 0 saturated carbocycles. The van der Waals surface area contributed by atoms with Gasteiger partial charge in [-0.2, -0.15) is 0 Å². The van der Waals surface area contributed by atoms with Crippen LogP contribution in [0.2, 0.25) is 0 Å². The first-order chi connectivity index (χ1) is 18.9. The van der Waals surface area contributed by atoms with Gasteiger partial charge in [-0.05, 0) is 49.6 Å². The van der Waals surface area contributed by atoms with Crippen LogP contribution in [0.15, 0.2) is 52.7 Å². The lowest BCUT2D eigenvalue weighted by atomic mass is 10.1. The Hall–Kier alpha value is -2.95. The van der Waals surface area contributed by atoms with Crippen molar-refractivity contribution < 1.29 is 17.9 Å². The highest BCUT2D eigenvalue weighted by Crippen LogP contribution is 2.34. The zero-order valence-electron chi connectivity index (χ0n) is 23.7. The number of benzene rings is 2. The number of nitrogens with one attached hydrogen (secondary N) is 2. The Morgan fingerprint density at radius 3 is 2.33 bits per heavy atom. The van der Waals surface area contributed by atoms with E-state index in [2.05, 4.69) is 26.8 Å². The van der Waals surface area contributed by atoms with E-state index in [-0.39, 0.29) is 4.90 Å². The molecule has 0 spiro atoms. The minimum absolute atomic E-state index is 0.260. The van der Waals surface area contributed by atoms with Gasteiger partial charge in [0.05, 0.1) is 35.2 Å². The number of aromatic nitrogens is 1. The predicted molar refractivity (Wildman–Crippen MR) is 164 cm³/mol. The van der Waals surface area contributed by atoms with Crippen LogP contribution in [0.4, 0.5) is 16.5 Å². The summed E-state index contributed by atoms with van der Waals surface area (Å²) in [5.41, 5.74) is 4.21. The molecule has 8 nitrogen and oxygen atoms in total. The number of carbonyl (C=O) groups excluding carboxylic acids is 1. The third-order valence-corrected chi connectivity index (χ3v) is 8.15. The molecule has 214 valence electrons. The molecule has 4 rings (SSSR count). The largest absolute Gasteiger partial charge is 0.378 e. The van der Waals surface area contributed by atoms with E-state index in [0.717, 1.165) is 53.2 Å². The topological polar surface area (TPSA) is 101 Å². The third kappa shape index (κ3) is 9.63. The average molecular weight is 575 g/mol. The van der Waals surface area contributed by atoms with Crippen LogP contribution in [-0.2, 0) is 26.0 Å². The molecule has 0 radical (unpaired) electrons. The second-order valence-electron chi connectivity index (χ2n) is 8.56. The monoisotopic (exact) mass is 574 g/mol. The number of anilines is 3. The van der Waals surface area contributed by atoms with Gasteiger partial charge in [-0.3, -0.25) is 4.72 Å². The van der Waals surface area contributed by atoms with Crippen molar-refractivity contribution in [3.05, 3.63) is 53.4 Å². The normalized spacial score (nSPS) is 12.9. The summed E-state index contributed by atoms with van der Waals surface area (Å²) < 4.78 is 35.0. The fourth-order valence-corrected chi connectivity index (χ4v) is 5.74. The maximum absolute atomic E-state index is 13.3. The number of aldehydes is 1. The number of sulfonamides is 1. The fraction of sp³-hybridized carbons (Fsp3) is 0.448. The quantitative estimate of drug-likeness (QED) is 0.212. The summed E-state index contributed by atoms with van der Waals surface area (Å²) in [6, 6.07) is 13.0. The molecule has 0 unspecified atom stereocenters. The van der Waals surface area contributed by atoms with Gasteiger partial charge in [-0.25, -0.2) is 13.4 Å². The molecule has 39 heavy (non-hydrogen) atoms. The van der Waals surface area contributed by atoms with Crippen molar-refractivity contribution in [3.63, 3.8) is 0 Å². The molecule has 10 heteroatoms. The van der Waals surface area contributed by atoms with Crippen molar-refractivity contribution in [2.75, 3.05) is 48.3 Å². The summed E-state index contributed by atoms with van der Waals surface area (Å²) in [4.78, 5) is 15.8. The standard InChI is InChI=1S/C25H32N4O3S2.C2H4O.C2H6/c1-3-4-5-6-19-7-10-21(11-8-19)34(30,31)28-22-17-20(23-18-33-25(26-2)27-23)9-12-24(22)29-13-15-32-16-14-29;1-2-3;1-2/h7-12,17-18,28H,3-6,13-16H2,1-2H3,(H,26,27);2H,1H3;1-2H3. The number of rotatable bonds is 10. The lowest BCUT2D eigenvalue weighted by Gasteiger charge is -2.31. The molecule has 1 aromatic heterocycles. The van der Waals surface area contributed by atoms with E-state index >= 15 is 0 Å². The van der Waals surface area contributed by atoms with Crippen molar-refractivity contribution in [3.8, 4) is 11.3 Å². The van der Waals surface area contributed by atoms with Gasteiger partial charge in [0.1, 0.15) is 6.29 Å². The Kier molecular flexibility index (Phi) is 14.0. The number of morpholine rings is 1. The van der Waals surface area contributed by atoms with Crippen molar-refractivity contribution in [1.82, 2.24) is 4.98 Å². The Labute approximate surface area is 237 Å². The summed E-state index contributed by atoms with van der Waals surface area (Å²) in [6.45, 7) is 10.3. The molecule has 0 atom stereocenters. The Morgan fingerprint density at radius 2 is 1.74 bits per heavy atom. The van der Waals surface area contributed by atoms with Gasteiger partial charge in [-0.15, -0.1) is 11.3 Å². The van der Waals surface area contributed by atoms with Crippen LogP contribution >= 0.6 is 11.3 Å². The second kappa shape index (κ2) is 16.9. The Morgan fingerprint density at radius 1 is 1.08 bits per heavy atom. The second-order valence-corrected chi connectivity index (χ2v) is 11.1. The number of nitrogens with zero attached hydrogens (tertiary/aromatic N) is 2. The van der Waals surface area contributed by atoms with Crippen LogP contribution < -0.4 is 14.9 Å². The highest BCUT2D eigenvalue weighted by Gasteiger charge is 2.21. The number of unbranched alkanes of at least 4 members (excludes halogenated alkanes) is 2. The molecule has 0 bridgehead atoms. The zero-order chi connectivity index (χ0) is 28.7. The number of hydrogen-bond donors (Lipinski definition) is 2. The number of carbonyl (C=O) groups is 1. The number of hydrogen-bond acceptors (Lipinski definition) is 8. The van der Waals surface area contributed by atoms with Gasteiger partial charge in [0, 0.05) is 31.1 Å². The lowest BCUT2D eigenvalue weighted by Crippen LogP contribution is -2.36. The Balaban J connectivity index is 0.000000998.